The van der Waals surface area contributed by atoms with Gasteiger partial charge < -0.3 is 5.11 Å². The average molecular weight is 295 g/mol. The molecular formula is C12H13N3O4S. The largest absolute Gasteiger partial charge is 0.476 e. The highest BCUT2D eigenvalue weighted by Gasteiger charge is 2.28. The van der Waals surface area contributed by atoms with Gasteiger partial charge in [-0.2, -0.15) is 5.10 Å². The summed E-state index contributed by atoms with van der Waals surface area (Å²) in [4.78, 5) is 10.7. The number of carboxylic acids is 1. The lowest BCUT2D eigenvalue weighted by molar-refractivity contribution is 0.0686. The zero-order chi connectivity index (χ0) is 14.9. The number of carbonyl (C=O) groups is 1. The van der Waals surface area contributed by atoms with E-state index in [1.54, 1.807) is 31.2 Å². The van der Waals surface area contributed by atoms with Crippen LogP contribution in [0.2, 0.25) is 0 Å². The van der Waals surface area contributed by atoms with E-state index in [4.69, 9.17) is 5.11 Å². The van der Waals surface area contributed by atoms with Crippen molar-refractivity contribution >= 4 is 21.7 Å². The number of H-pyrrole nitrogens is 1. The highest BCUT2D eigenvalue weighted by Crippen LogP contribution is 2.23. The first kappa shape index (κ1) is 14.1. The molecule has 0 spiro atoms. The Labute approximate surface area is 115 Å². The molecule has 0 saturated carbocycles. The van der Waals surface area contributed by atoms with Crippen molar-refractivity contribution in [2.45, 2.75) is 18.7 Å². The maximum atomic E-state index is 12.3. The minimum absolute atomic E-state index is 0.170. The zero-order valence-electron chi connectivity index (χ0n) is 10.8. The van der Waals surface area contributed by atoms with Crippen molar-refractivity contribution in [1.29, 1.82) is 0 Å². The topological polar surface area (TPSA) is 112 Å². The van der Waals surface area contributed by atoms with E-state index >= 15 is 0 Å². The van der Waals surface area contributed by atoms with Crippen molar-refractivity contribution in [3.8, 4) is 0 Å². The number of hydrogen-bond acceptors (Lipinski definition) is 4. The number of nitrogens with one attached hydrogen (secondary N) is 2. The number of benzene rings is 1. The third-order valence-corrected chi connectivity index (χ3v) is 4.28. The van der Waals surface area contributed by atoms with Crippen molar-refractivity contribution in [3.05, 3.63) is 41.2 Å². The second kappa shape index (κ2) is 4.97. The van der Waals surface area contributed by atoms with Crippen LogP contribution in [0.1, 0.15) is 21.7 Å². The third-order valence-electron chi connectivity index (χ3n) is 2.75. The van der Waals surface area contributed by atoms with Crippen LogP contribution >= 0.6 is 0 Å². The lowest BCUT2D eigenvalue weighted by Crippen LogP contribution is -2.17. The van der Waals surface area contributed by atoms with Crippen molar-refractivity contribution in [3.63, 3.8) is 0 Å². The first-order chi connectivity index (χ1) is 9.33. The van der Waals surface area contributed by atoms with Gasteiger partial charge in [0.15, 0.2) is 5.69 Å². The maximum absolute atomic E-state index is 12.3. The number of anilines is 1. The number of aromatic carboxylic acids is 1. The first-order valence-corrected chi connectivity index (χ1v) is 7.18. The number of aromatic nitrogens is 2. The van der Waals surface area contributed by atoms with E-state index in [1.807, 2.05) is 0 Å². The molecular weight excluding hydrogens is 282 g/mol. The quantitative estimate of drug-likeness (QED) is 0.791. The van der Waals surface area contributed by atoms with Gasteiger partial charge in [-0.3, -0.25) is 9.82 Å². The van der Waals surface area contributed by atoms with Crippen LogP contribution in [0.4, 0.5) is 5.69 Å². The van der Waals surface area contributed by atoms with Crippen molar-refractivity contribution in [2.75, 3.05) is 4.72 Å². The molecule has 0 unspecified atom stereocenters. The highest BCUT2D eigenvalue weighted by molar-refractivity contribution is 7.92. The van der Waals surface area contributed by atoms with E-state index in [-0.39, 0.29) is 10.6 Å². The van der Waals surface area contributed by atoms with Crippen LogP contribution in [0.3, 0.4) is 0 Å². The number of para-hydroxylation sites is 1. The molecule has 1 aromatic carbocycles. The number of sulfonamides is 1. The molecule has 0 saturated heterocycles. The summed E-state index contributed by atoms with van der Waals surface area (Å²) in [6.45, 7) is 3.20. The average Bonchev–Trinajstić information content (AvgIpc) is 2.75. The van der Waals surface area contributed by atoms with Crippen LogP contribution in [0.15, 0.2) is 29.2 Å². The van der Waals surface area contributed by atoms with Gasteiger partial charge in [-0.05, 0) is 25.5 Å². The van der Waals surface area contributed by atoms with E-state index < -0.39 is 21.7 Å². The van der Waals surface area contributed by atoms with Gasteiger partial charge in [0, 0.05) is 0 Å². The van der Waals surface area contributed by atoms with Gasteiger partial charge in [0.25, 0.3) is 10.0 Å². The fourth-order valence-electron chi connectivity index (χ4n) is 1.78. The standard InChI is InChI=1S/C12H13N3O4S/c1-7-5-3-4-6-9(7)15-20(18,19)11-8(2)13-14-10(11)12(16)17/h3-6,15H,1-2H3,(H,13,14)(H,16,17). The normalized spacial score (nSPS) is 11.3. The van der Waals surface area contributed by atoms with Crippen LogP contribution < -0.4 is 4.72 Å². The molecule has 0 aliphatic heterocycles. The minimum Gasteiger partial charge on any atom is -0.476 e. The fourth-order valence-corrected chi connectivity index (χ4v) is 3.23. The van der Waals surface area contributed by atoms with Crippen molar-refractivity contribution in [1.82, 2.24) is 10.2 Å². The van der Waals surface area contributed by atoms with Gasteiger partial charge in [0.05, 0.1) is 11.4 Å². The summed E-state index contributed by atoms with van der Waals surface area (Å²) in [7, 11) is -4.02. The second-order valence-corrected chi connectivity index (χ2v) is 5.87. The summed E-state index contributed by atoms with van der Waals surface area (Å²) < 4.78 is 27.0. The monoisotopic (exact) mass is 295 g/mol. The molecule has 0 aliphatic carbocycles. The van der Waals surface area contributed by atoms with Crippen molar-refractivity contribution in [2.24, 2.45) is 0 Å². The summed E-state index contributed by atoms with van der Waals surface area (Å²) in [6, 6.07) is 6.81. The summed E-state index contributed by atoms with van der Waals surface area (Å²) in [6.07, 6.45) is 0. The molecule has 0 radical (unpaired) electrons. The molecule has 0 aliphatic rings. The Morgan fingerprint density at radius 2 is 1.95 bits per heavy atom. The van der Waals surface area contributed by atoms with Gasteiger partial charge in [-0.25, -0.2) is 13.2 Å². The van der Waals surface area contributed by atoms with Gasteiger partial charge in [0.1, 0.15) is 4.90 Å². The third kappa shape index (κ3) is 2.50. The molecule has 2 aromatic rings. The van der Waals surface area contributed by atoms with Gasteiger partial charge in [-0.15, -0.1) is 0 Å². The fraction of sp³-hybridized carbons (Fsp3) is 0.167. The first-order valence-electron chi connectivity index (χ1n) is 5.69. The molecule has 2 rings (SSSR count). The Balaban J connectivity index is 2.49. The van der Waals surface area contributed by atoms with E-state index in [2.05, 4.69) is 14.9 Å². The summed E-state index contributed by atoms with van der Waals surface area (Å²) in [5, 5.41) is 14.9. The van der Waals surface area contributed by atoms with Crippen LogP contribution in [0.25, 0.3) is 0 Å². The number of aryl methyl sites for hydroxylation is 2. The second-order valence-electron chi connectivity index (χ2n) is 4.25. The number of aromatic amines is 1. The van der Waals surface area contributed by atoms with E-state index in [9.17, 15) is 13.2 Å². The van der Waals surface area contributed by atoms with E-state index in [0.29, 0.717) is 5.69 Å². The Morgan fingerprint density at radius 1 is 1.30 bits per heavy atom. The molecule has 20 heavy (non-hydrogen) atoms. The van der Waals surface area contributed by atoms with Gasteiger partial charge >= 0.3 is 5.97 Å². The molecule has 7 nitrogen and oxygen atoms in total. The summed E-state index contributed by atoms with van der Waals surface area (Å²) >= 11 is 0. The van der Waals surface area contributed by atoms with Crippen LogP contribution in [0.5, 0.6) is 0 Å². The summed E-state index contributed by atoms with van der Waals surface area (Å²) in [5.41, 5.74) is 0.769. The Hall–Kier alpha value is -2.35. The Kier molecular flexibility index (Phi) is 3.49. The number of rotatable bonds is 4. The SMILES string of the molecule is Cc1ccccc1NS(=O)(=O)c1c(C(=O)O)n[nH]c1C. The smallest absolute Gasteiger partial charge is 0.357 e. The molecule has 1 aromatic heterocycles. The Morgan fingerprint density at radius 3 is 2.55 bits per heavy atom. The van der Waals surface area contributed by atoms with Crippen LogP contribution in [0, 0.1) is 13.8 Å². The lowest BCUT2D eigenvalue weighted by Gasteiger charge is -2.10. The number of nitrogens with zero attached hydrogens (tertiary/aromatic N) is 1. The maximum Gasteiger partial charge on any atom is 0.357 e. The lowest BCUT2D eigenvalue weighted by atomic mass is 10.2. The molecule has 8 heteroatoms. The predicted octanol–water partition coefficient (Wildman–Crippen LogP) is 1.53. The molecule has 3 N–H and O–H groups in total. The number of hydrogen-bond donors (Lipinski definition) is 3. The van der Waals surface area contributed by atoms with Crippen LogP contribution in [-0.2, 0) is 10.0 Å². The van der Waals surface area contributed by atoms with E-state index in [1.165, 1.54) is 6.92 Å². The molecule has 1 heterocycles. The predicted molar refractivity (Wildman–Crippen MR) is 72.3 cm³/mol. The summed E-state index contributed by atoms with van der Waals surface area (Å²) in [5.74, 6) is -1.40. The minimum atomic E-state index is -4.02. The Bertz CT molecular complexity index is 765. The van der Waals surface area contributed by atoms with Crippen LogP contribution in [-0.4, -0.2) is 29.7 Å². The van der Waals surface area contributed by atoms with Gasteiger partial charge in [0.2, 0.25) is 0 Å². The zero-order valence-corrected chi connectivity index (χ0v) is 11.7. The molecule has 0 amide bonds. The molecule has 0 bridgehead atoms. The number of carboxylic acid groups (broad SMARTS) is 1. The molecule has 106 valence electrons. The van der Waals surface area contributed by atoms with Gasteiger partial charge in [-0.1, -0.05) is 18.2 Å². The van der Waals surface area contributed by atoms with Crippen molar-refractivity contribution < 1.29 is 18.3 Å². The molecule has 0 fully saturated rings. The highest BCUT2D eigenvalue weighted by atomic mass is 32.2. The molecule has 0 atom stereocenters. The van der Waals surface area contributed by atoms with E-state index in [0.717, 1.165) is 5.56 Å².